The van der Waals surface area contributed by atoms with Crippen LogP contribution in [0.3, 0.4) is 0 Å². The van der Waals surface area contributed by atoms with E-state index >= 15 is 0 Å². The second kappa shape index (κ2) is 6.44. The van der Waals surface area contributed by atoms with E-state index in [1.807, 2.05) is 10.7 Å². The molecule has 3 rings (SSSR count). The lowest BCUT2D eigenvalue weighted by Crippen LogP contribution is -2.32. The monoisotopic (exact) mass is 332 g/mol. The number of nitrogens with zero attached hydrogens (tertiary/aromatic N) is 4. The molecule has 1 aliphatic heterocycles. The van der Waals surface area contributed by atoms with Gasteiger partial charge in [-0.3, -0.25) is 19.3 Å². The first-order valence-corrected chi connectivity index (χ1v) is 7.80. The van der Waals surface area contributed by atoms with Gasteiger partial charge in [-0.1, -0.05) is 0 Å². The van der Waals surface area contributed by atoms with Crippen LogP contribution in [0.25, 0.3) is 0 Å². The first kappa shape index (κ1) is 16.2. The van der Waals surface area contributed by atoms with Gasteiger partial charge in [0.1, 0.15) is 0 Å². The summed E-state index contributed by atoms with van der Waals surface area (Å²) in [4.78, 5) is 32.0. The van der Waals surface area contributed by atoms with Crippen LogP contribution in [0.2, 0.25) is 0 Å². The van der Waals surface area contributed by atoms with Crippen molar-refractivity contribution in [2.24, 2.45) is 0 Å². The number of amides is 1. The Balaban J connectivity index is 1.76. The molecule has 128 valence electrons. The zero-order chi connectivity index (χ0) is 17.3. The van der Waals surface area contributed by atoms with E-state index in [9.17, 15) is 14.7 Å². The van der Waals surface area contributed by atoms with Gasteiger partial charge < -0.3 is 15.7 Å². The molecule has 0 unspecified atom stereocenters. The number of carbonyl (C=O) groups is 1. The molecule has 4 N–H and O–H groups in total. The second-order valence-electron chi connectivity index (χ2n) is 5.93. The third kappa shape index (κ3) is 3.46. The van der Waals surface area contributed by atoms with Gasteiger partial charge in [-0.25, -0.2) is 4.98 Å². The van der Waals surface area contributed by atoms with Crippen molar-refractivity contribution in [1.82, 2.24) is 24.6 Å². The van der Waals surface area contributed by atoms with Crippen molar-refractivity contribution < 1.29 is 9.90 Å². The molecule has 0 saturated carbocycles. The van der Waals surface area contributed by atoms with Gasteiger partial charge in [0.25, 0.3) is 5.56 Å². The zero-order valence-electron chi connectivity index (χ0n) is 13.4. The van der Waals surface area contributed by atoms with E-state index in [1.54, 1.807) is 11.8 Å². The Labute approximate surface area is 138 Å². The van der Waals surface area contributed by atoms with Crippen molar-refractivity contribution in [2.45, 2.75) is 39.0 Å². The number of anilines is 1. The zero-order valence-corrected chi connectivity index (χ0v) is 13.4. The number of nitrogen functional groups attached to an aromatic ring is 1. The Morgan fingerprint density at radius 2 is 2.25 bits per heavy atom. The topological polar surface area (TPSA) is 130 Å². The van der Waals surface area contributed by atoms with E-state index in [0.717, 1.165) is 12.1 Å². The van der Waals surface area contributed by atoms with Gasteiger partial charge >= 0.3 is 0 Å². The van der Waals surface area contributed by atoms with Crippen LogP contribution in [-0.4, -0.2) is 42.2 Å². The number of nitrogens with one attached hydrogen (secondary N) is 1. The lowest BCUT2D eigenvalue weighted by atomic mass is 10.2. The van der Waals surface area contributed by atoms with Crippen molar-refractivity contribution >= 4 is 11.9 Å². The minimum absolute atomic E-state index is 0.000757. The Kier molecular flexibility index (Phi) is 4.34. The predicted molar refractivity (Wildman–Crippen MR) is 85.9 cm³/mol. The van der Waals surface area contributed by atoms with Crippen molar-refractivity contribution in [2.75, 3.05) is 12.3 Å². The van der Waals surface area contributed by atoms with Crippen LogP contribution >= 0.6 is 0 Å². The van der Waals surface area contributed by atoms with Gasteiger partial charge in [-0.15, -0.1) is 0 Å². The molecule has 1 amide bonds. The van der Waals surface area contributed by atoms with Crippen LogP contribution in [0.4, 0.5) is 5.95 Å². The van der Waals surface area contributed by atoms with Gasteiger partial charge in [-0.05, 0) is 19.4 Å². The molecule has 2 aromatic rings. The summed E-state index contributed by atoms with van der Waals surface area (Å²) in [5.41, 5.74) is 6.97. The molecule has 0 aromatic carbocycles. The van der Waals surface area contributed by atoms with Gasteiger partial charge in [0.15, 0.2) is 0 Å². The molecule has 0 spiro atoms. The molecule has 9 heteroatoms. The standard InChI is InChI=1S/C15H20N6O3/c1-9(22)12-7-11-8-20(3-2-4-21(11)19-12)14(24)6-10-5-13(23)18-15(16)17-10/h5,7,9,22H,2-4,6,8H2,1H3,(H3,16,17,18,23)/t9-/m1/s1. The van der Waals surface area contributed by atoms with E-state index in [0.29, 0.717) is 31.0 Å². The van der Waals surface area contributed by atoms with E-state index in [-0.39, 0.29) is 23.8 Å². The maximum atomic E-state index is 12.5. The molecular weight excluding hydrogens is 312 g/mol. The highest BCUT2D eigenvalue weighted by molar-refractivity contribution is 5.78. The summed E-state index contributed by atoms with van der Waals surface area (Å²) in [6.45, 7) is 3.37. The molecule has 0 aliphatic carbocycles. The number of rotatable bonds is 3. The highest BCUT2D eigenvalue weighted by Crippen LogP contribution is 2.18. The average Bonchev–Trinajstić information content (AvgIpc) is 2.78. The van der Waals surface area contributed by atoms with E-state index < -0.39 is 6.10 Å². The number of aromatic amines is 1. The quantitative estimate of drug-likeness (QED) is 0.699. The first-order valence-electron chi connectivity index (χ1n) is 7.80. The molecule has 3 heterocycles. The number of fused-ring (bicyclic) bond motifs is 1. The number of aromatic nitrogens is 4. The summed E-state index contributed by atoms with van der Waals surface area (Å²) in [6, 6.07) is 3.10. The number of aliphatic hydroxyl groups is 1. The second-order valence-corrected chi connectivity index (χ2v) is 5.93. The molecule has 0 saturated heterocycles. The van der Waals surface area contributed by atoms with Gasteiger partial charge in [-0.2, -0.15) is 5.10 Å². The van der Waals surface area contributed by atoms with Crippen LogP contribution in [0.15, 0.2) is 16.9 Å². The van der Waals surface area contributed by atoms with Crippen LogP contribution in [0.5, 0.6) is 0 Å². The van der Waals surface area contributed by atoms with Gasteiger partial charge in [0.2, 0.25) is 11.9 Å². The van der Waals surface area contributed by atoms with Crippen LogP contribution in [0.1, 0.15) is 36.5 Å². The fraction of sp³-hybridized carbons (Fsp3) is 0.467. The fourth-order valence-electron chi connectivity index (χ4n) is 2.79. The maximum Gasteiger partial charge on any atom is 0.252 e. The van der Waals surface area contributed by atoms with Gasteiger partial charge in [0.05, 0.1) is 36.2 Å². The molecule has 1 aliphatic rings. The molecule has 0 radical (unpaired) electrons. The van der Waals surface area contributed by atoms with Crippen molar-refractivity contribution in [3.63, 3.8) is 0 Å². The third-order valence-corrected chi connectivity index (χ3v) is 3.96. The van der Waals surface area contributed by atoms with Gasteiger partial charge in [0, 0.05) is 19.2 Å². The molecule has 9 nitrogen and oxygen atoms in total. The van der Waals surface area contributed by atoms with E-state index in [2.05, 4.69) is 15.1 Å². The number of H-pyrrole nitrogens is 1. The third-order valence-electron chi connectivity index (χ3n) is 3.96. The summed E-state index contributed by atoms with van der Waals surface area (Å²) in [5.74, 6) is -0.124. The lowest BCUT2D eigenvalue weighted by Gasteiger charge is -2.19. The summed E-state index contributed by atoms with van der Waals surface area (Å²) in [7, 11) is 0. The summed E-state index contributed by atoms with van der Waals surface area (Å²) >= 11 is 0. The highest BCUT2D eigenvalue weighted by Gasteiger charge is 2.22. The molecule has 2 aromatic heterocycles. The number of hydrogen-bond donors (Lipinski definition) is 3. The highest BCUT2D eigenvalue weighted by atomic mass is 16.3. The summed E-state index contributed by atoms with van der Waals surface area (Å²) in [6.07, 6.45) is 0.146. The Bertz CT molecular complexity index is 810. The number of aryl methyl sites for hydroxylation is 1. The van der Waals surface area contributed by atoms with Crippen LogP contribution < -0.4 is 11.3 Å². The summed E-state index contributed by atoms with van der Waals surface area (Å²) < 4.78 is 1.83. The largest absolute Gasteiger partial charge is 0.387 e. The molecule has 24 heavy (non-hydrogen) atoms. The number of hydrogen-bond acceptors (Lipinski definition) is 6. The van der Waals surface area contributed by atoms with E-state index in [1.165, 1.54) is 6.07 Å². The summed E-state index contributed by atoms with van der Waals surface area (Å²) in [5, 5.41) is 14.0. The first-order chi connectivity index (χ1) is 11.4. The Morgan fingerprint density at radius 3 is 2.96 bits per heavy atom. The lowest BCUT2D eigenvalue weighted by molar-refractivity contribution is -0.131. The predicted octanol–water partition coefficient (Wildman–Crippen LogP) is -0.423. The fourth-order valence-corrected chi connectivity index (χ4v) is 2.79. The minimum Gasteiger partial charge on any atom is -0.387 e. The SMILES string of the molecule is C[C@@H](O)c1cc2n(n1)CCCN(C(=O)Cc1cc(=O)[nH]c(N)n1)C2. The molecular formula is C15H20N6O3. The van der Waals surface area contributed by atoms with Crippen LogP contribution in [-0.2, 0) is 24.3 Å². The minimum atomic E-state index is -0.642. The smallest absolute Gasteiger partial charge is 0.252 e. The number of carbonyl (C=O) groups excluding carboxylic acids is 1. The Morgan fingerprint density at radius 1 is 1.46 bits per heavy atom. The van der Waals surface area contributed by atoms with Crippen molar-refractivity contribution in [3.8, 4) is 0 Å². The maximum absolute atomic E-state index is 12.5. The molecule has 0 bridgehead atoms. The van der Waals surface area contributed by atoms with Crippen molar-refractivity contribution in [3.05, 3.63) is 39.6 Å². The average molecular weight is 332 g/mol. The molecule has 0 fully saturated rings. The normalized spacial score (nSPS) is 15.7. The number of aliphatic hydroxyl groups excluding tert-OH is 1. The Hall–Kier alpha value is -2.68. The molecule has 1 atom stereocenters. The van der Waals surface area contributed by atoms with E-state index in [4.69, 9.17) is 5.73 Å². The van der Waals surface area contributed by atoms with Crippen LogP contribution in [0, 0.1) is 0 Å². The number of nitrogens with two attached hydrogens (primary N) is 1. The van der Waals surface area contributed by atoms with Crippen molar-refractivity contribution in [1.29, 1.82) is 0 Å².